The Morgan fingerprint density at radius 1 is 1.27 bits per heavy atom. The van der Waals surface area contributed by atoms with E-state index in [4.69, 9.17) is 11.6 Å². The Morgan fingerprint density at radius 2 is 2.14 bits per heavy atom. The van der Waals surface area contributed by atoms with E-state index >= 15 is 0 Å². The second-order valence-electron chi connectivity index (χ2n) is 4.47. The molecule has 22 heavy (non-hydrogen) atoms. The van der Waals surface area contributed by atoms with Gasteiger partial charge in [0.15, 0.2) is 11.6 Å². The molecular weight excluding hydrogens is 306 g/mol. The van der Waals surface area contributed by atoms with E-state index in [-0.39, 0.29) is 0 Å². The zero-order valence-electron chi connectivity index (χ0n) is 11.5. The summed E-state index contributed by atoms with van der Waals surface area (Å²) in [7, 11) is 1.87. The van der Waals surface area contributed by atoms with Gasteiger partial charge in [0.25, 0.3) is 0 Å². The highest BCUT2D eigenvalue weighted by molar-refractivity contribution is 6.29. The predicted molar refractivity (Wildman–Crippen MR) is 82.7 cm³/mol. The molecule has 3 aromatic rings. The van der Waals surface area contributed by atoms with Gasteiger partial charge in [-0.1, -0.05) is 11.6 Å². The van der Waals surface area contributed by atoms with Gasteiger partial charge in [0.05, 0.1) is 0 Å². The van der Waals surface area contributed by atoms with Crippen LogP contribution in [0.15, 0.2) is 36.8 Å². The number of aryl methyl sites for hydroxylation is 1. The predicted octanol–water partition coefficient (Wildman–Crippen LogP) is 2.50. The summed E-state index contributed by atoms with van der Waals surface area (Å²) < 4.78 is 1.84. The largest absolute Gasteiger partial charge is 0.333 e. The second kappa shape index (κ2) is 5.86. The van der Waals surface area contributed by atoms with E-state index in [1.807, 2.05) is 17.8 Å². The first-order valence-electron chi connectivity index (χ1n) is 6.34. The molecule has 0 aliphatic carbocycles. The number of aromatic nitrogens is 5. The summed E-state index contributed by atoms with van der Waals surface area (Å²) in [6, 6.07) is 4.45. The summed E-state index contributed by atoms with van der Waals surface area (Å²) in [6.45, 7) is 0. The van der Waals surface area contributed by atoms with E-state index in [0.29, 0.717) is 22.4 Å². The second-order valence-corrected chi connectivity index (χ2v) is 4.86. The average Bonchev–Trinajstić information content (AvgIpc) is 3.07. The van der Waals surface area contributed by atoms with Crippen LogP contribution in [0.25, 0.3) is 11.5 Å². The fourth-order valence-corrected chi connectivity index (χ4v) is 2.06. The molecule has 9 heteroatoms. The lowest BCUT2D eigenvalue weighted by atomic mass is 10.4. The first kappa shape index (κ1) is 14.1. The van der Waals surface area contributed by atoms with Gasteiger partial charge in [0, 0.05) is 37.4 Å². The monoisotopic (exact) mass is 317 g/mol. The maximum absolute atomic E-state index is 11.9. The zero-order chi connectivity index (χ0) is 15.5. The Labute approximate surface area is 130 Å². The fourth-order valence-electron chi connectivity index (χ4n) is 1.88. The third kappa shape index (κ3) is 3.07. The number of carbonyl (C=O) groups excluding carboxylic acids is 1. The number of amides is 2. The number of hydrogen-bond acceptors (Lipinski definition) is 4. The fraction of sp³-hybridized carbons (Fsp3) is 0.0769. The van der Waals surface area contributed by atoms with Crippen molar-refractivity contribution in [3.63, 3.8) is 0 Å². The van der Waals surface area contributed by atoms with E-state index in [9.17, 15) is 4.79 Å². The maximum atomic E-state index is 11.9. The molecule has 8 nitrogen and oxygen atoms in total. The lowest BCUT2D eigenvalue weighted by Crippen LogP contribution is -2.19. The number of nitrogens with zero attached hydrogens (tertiary/aromatic N) is 4. The van der Waals surface area contributed by atoms with Gasteiger partial charge >= 0.3 is 6.03 Å². The topological polar surface area (TPSA) is 101 Å². The van der Waals surface area contributed by atoms with E-state index in [2.05, 4.69) is 30.8 Å². The van der Waals surface area contributed by atoms with Crippen LogP contribution in [0.3, 0.4) is 0 Å². The number of anilines is 2. The van der Waals surface area contributed by atoms with Crippen LogP contribution in [-0.4, -0.2) is 30.8 Å². The van der Waals surface area contributed by atoms with Crippen molar-refractivity contribution in [3.8, 4) is 11.5 Å². The number of carbonyl (C=O) groups is 1. The molecule has 0 atom stereocenters. The molecule has 3 heterocycles. The van der Waals surface area contributed by atoms with E-state index in [1.54, 1.807) is 24.4 Å². The molecule has 0 aromatic carbocycles. The SMILES string of the molecule is Cn1ccnc1-c1cc(NC(=O)Nc2ccnc(Cl)c2)n[nH]1. The summed E-state index contributed by atoms with van der Waals surface area (Å²) in [6.07, 6.45) is 5.01. The number of imidazole rings is 1. The van der Waals surface area contributed by atoms with E-state index < -0.39 is 6.03 Å². The Morgan fingerprint density at radius 3 is 2.86 bits per heavy atom. The first-order chi connectivity index (χ1) is 10.6. The van der Waals surface area contributed by atoms with Gasteiger partial charge in [-0.25, -0.2) is 14.8 Å². The standard InChI is InChI=1S/C13H12ClN7O/c1-21-5-4-16-12(21)9-7-11(20-19-9)18-13(22)17-8-2-3-15-10(14)6-8/h2-7H,1H3,(H3,15,17,18,19,20,22). The molecule has 112 valence electrons. The molecule has 3 rings (SSSR count). The third-order valence-electron chi connectivity index (χ3n) is 2.87. The van der Waals surface area contributed by atoms with Crippen LogP contribution in [0.2, 0.25) is 5.15 Å². The van der Waals surface area contributed by atoms with E-state index in [1.165, 1.54) is 6.20 Å². The van der Waals surface area contributed by atoms with Crippen LogP contribution in [0.1, 0.15) is 0 Å². The summed E-state index contributed by atoms with van der Waals surface area (Å²) in [5.74, 6) is 1.11. The van der Waals surface area contributed by atoms with Crippen molar-refractivity contribution in [2.45, 2.75) is 0 Å². The van der Waals surface area contributed by atoms with Gasteiger partial charge in [0.1, 0.15) is 10.8 Å². The molecular formula is C13H12ClN7O. The van der Waals surface area contributed by atoms with Crippen LogP contribution in [-0.2, 0) is 7.05 Å². The zero-order valence-corrected chi connectivity index (χ0v) is 12.3. The van der Waals surface area contributed by atoms with Gasteiger partial charge in [-0.3, -0.25) is 10.4 Å². The number of hydrogen-bond donors (Lipinski definition) is 3. The average molecular weight is 318 g/mol. The van der Waals surface area contributed by atoms with Crippen molar-refractivity contribution in [2.75, 3.05) is 10.6 Å². The highest BCUT2D eigenvalue weighted by Gasteiger charge is 2.10. The molecule has 2 amide bonds. The molecule has 0 fully saturated rings. The molecule has 3 N–H and O–H groups in total. The van der Waals surface area contributed by atoms with Crippen molar-refractivity contribution < 1.29 is 4.79 Å². The Kier molecular flexibility index (Phi) is 3.75. The van der Waals surface area contributed by atoms with Gasteiger partial charge in [-0.05, 0) is 12.1 Å². The van der Waals surface area contributed by atoms with Crippen LogP contribution in [0, 0.1) is 0 Å². The smallest absolute Gasteiger partial charge is 0.324 e. The molecule has 3 aromatic heterocycles. The lowest BCUT2D eigenvalue weighted by molar-refractivity contribution is 0.262. The minimum atomic E-state index is -0.430. The number of urea groups is 1. The summed E-state index contributed by atoms with van der Waals surface area (Å²) >= 11 is 5.75. The van der Waals surface area contributed by atoms with Gasteiger partial charge in [-0.15, -0.1) is 0 Å². The maximum Gasteiger partial charge on any atom is 0.324 e. The van der Waals surface area contributed by atoms with Gasteiger partial charge < -0.3 is 9.88 Å². The first-order valence-corrected chi connectivity index (χ1v) is 6.72. The lowest BCUT2D eigenvalue weighted by Gasteiger charge is -2.05. The summed E-state index contributed by atoms with van der Waals surface area (Å²) in [5, 5.41) is 12.4. The van der Waals surface area contributed by atoms with Crippen LogP contribution >= 0.6 is 11.6 Å². The van der Waals surface area contributed by atoms with Crippen LogP contribution in [0.4, 0.5) is 16.3 Å². The normalized spacial score (nSPS) is 10.5. The van der Waals surface area contributed by atoms with Crippen molar-refractivity contribution >= 4 is 29.1 Å². The quantitative estimate of drug-likeness (QED) is 0.646. The summed E-state index contributed by atoms with van der Waals surface area (Å²) in [4.78, 5) is 19.9. The van der Waals surface area contributed by atoms with Crippen LogP contribution < -0.4 is 10.6 Å². The molecule has 0 saturated heterocycles. The molecule has 0 aliphatic rings. The number of rotatable bonds is 3. The molecule has 0 radical (unpaired) electrons. The van der Waals surface area contributed by atoms with Crippen molar-refractivity contribution in [2.24, 2.45) is 7.05 Å². The minimum Gasteiger partial charge on any atom is -0.333 e. The highest BCUT2D eigenvalue weighted by atomic mass is 35.5. The number of H-pyrrole nitrogens is 1. The third-order valence-corrected chi connectivity index (χ3v) is 3.07. The highest BCUT2D eigenvalue weighted by Crippen LogP contribution is 2.17. The number of aromatic amines is 1. The van der Waals surface area contributed by atoms with Crippen molar-refractivity contribution in [3.05, 3.63) is 41.9 Å². The number of nitrogens with one attached hydrogen (secondary N) is 3. The van der Waals surface area contributed by atoms with Crippen LogP contribution in [0.5, 0.6) is 0 Å². The molecule has 0 aliphatic heterocycles. The summed E-state index contributed by atoms with van der Waals surface area (Å²) in [5.41, 5.74) is 1.24. The Bertz CT molecular complexity index is 810. The van der Waals surface area contributed by atoms with Crippen molar-refractivity contribution in [1.82, 2.24) is 24.7 Å². The Balaban J connectivity index is 1.67. The van der Waals surface area contributed by atoms with Gasteiger partial charge in [-0.2, -0.15) is 5.10 Å². The number of pyridine rings is 1. The van der Waals surface area contributed by atoms with Crippen molar-refractivity contribution in [1.29, 1.82) is 0 Å². The van der Waals surface area contributed by atoms with Gasteiger partial charge in [0.2, 0.25) is 0 Å². The number of halogens is 1. The molecule has 0 spiro atoms. The Hall–Kier alpha value is -2.87. The molecule has 0 saturated carbocycles. The molecule has 0 bridgehead atoms. The van der Waals surface area contributed by atoms with E-state index in [0.717, 1.165) is 5.82 Å². The minimum absolute atomic E-state index is 0.301. The molecule has 0 unspecified atom stereocenters.